The first-order chi connectivity index (χ1) is 12.8. The smallest absolute Gasteiger partial charge is 0.149 e. The first-order valence-corrected chi connectivity index (χ1v) is 9.90. The van der Waals surface area contributed by atoms with Crippen LogP contribution in [0.5, 0.6) is 0 Å². The lowest BCUT2D eigenvalue weighted by atomic mass is 10.0. The summed E-state index contributed by atoms with van der Waals surface area (Å²) in [6, 6.07) is 4.51. The van der Waals surface area contributed by atoms with Crippen molar-refractivity contribution in [2.75, 3.05) is 0 Å². The van der Waals surface area contributed by atoms with Crippen molar-refractivity contribution in [3.63, 3.8) is 0 Å². The molecule has 3 heteroatoms. The molecular weight excluding hydrogens is 330 g/mol. The van der Waals surface area contributed by atoms with Gasteiger partial charge in [0.15, 0.2) is 0 Å². The van der Waals surface area contributed by atoms with Gasteiger partial charge in [0.1, 0.15) is 11.5 Å². The molecule has 0 saturated carbocycles. The van der Waals surface area contributed by atoms with E-state index < -0.39 is 0 Å². The molecule has 27 heavy (non-hydrogen) atoms. The fourth-order valence-electron chi connectivity index (χ4n) is 4.27. The quantitative estimate of drug-likeness (QED) is 0.533. The van der Waals surface area contributed by atoms with Gasteiger partial charge in [0.05, 0.1) is 11.4 Å². The van der Waals surface area contributed by atoms with Gasteiger partial charge in [-0.05, 0) is 77.2 Å². The molecule has 0 unspecified atom stereocenters. The Morgan fingerprint density at radius 1 is 1.00 bits per heavy atom. The summed E-state index contributed by atoms with van der Waals surface area (Å²) in [6.07, 6.45) is 4.35. The molecule has 0 fully saturated rings. The molecule has 0 saturated heterocycles. The van der Waals surface area contributed by atoms with Gasteiger partial charge in [-0.25, -0.2) is 9.97 Å². The van der Waals surface area contributed by atoms with Crippen molar-refractivity contribution < 1.29 is 0 Å². The highest BCUT2D eigenvalue weighted by atomic mass is 15.1. The Morgan fingerprint density at radius 3 is 2.19 bits per heavy atom. The van der Waals surface area contributed by atoms with Crippen molar-refractivity contribution in [1.29, 1.82) is 0 Å². The Labute approximate surface area is 163 Å². The predicted octanol–water partition coefficient (Wildman–Crippen LogP) is 6.47. The van der Waals surface area contributed by atoms with E-state index in [4.69, 9.17) is 9.97 Å². The van der Waals surface area contributed by atoms with E-state index in [1.54, 1.807) is 0 Å². The SMILES string of the molecule is C/C=C(/CCC)c1nc(C)nc2c1c(C)c(C)n2-c1c(C)cc(C)cc1C. The lowest BCUT2D eigenvalue weighted by Crippen LogP contribution is -2.05. The summed E-state index contributed by atoms with van der Waals surface area (Å²) in [5.41, 5.74) is 11.1. The van der Waals surface area contributed by atoms with Gasteiger partial charge >= 0.3 is 0 Å². The van der Waals surface area contributed by atoms with Crippen LogP contribution in [0.4, 0.5) is 0 Å². The van der Waals surface area contributed by atoms with Gasteiger partial charge in [-0.2, -0.15) is 0 Å². The summed E-state index contributed by atoms with van der Waals surface area (Å²) < 4.78 is 2.34. The molecular formula is C24H31N3. The number of nitrogens with zero attached hydrogens (tertiary/aromatic N) is 3. The third kappa shape index (κ3) is 3.20. The van der Waals surface area contributed by atoms with Gasteiger partial charge in [-0.15, -0.1) is 0 Å². The van der Waals surface area contributed by atoms with E-state index in [9.17, 15) is 0 Å². The van der Waals surface area contributed by atoms with Crippen LogP contribution in [0.25, 0.3) is 22.3 Å². The van der Waals surface area contributed by atoms with Crippen molar-refractivity contribution in [3.8, 4) is 5.69 Å². The maximum Gasteiger partial charge on any atom is 0.149 e. The van der Waals surface area contributed by atoms with E-state index in [0.29, 0.717) is 0 Å². The number of benzene rings is 1. The van der Waals surface area contributed by atoms with Gasteiger partial charge in [-0.1, -0.05) is 37.1 Å². The fraction of sp³-hybridized carbons (Fsp3) is 0.417. The number of hydrogen-bond acceptors (Lipinski definition) is 2. The van der Waals surface area contributed by atoms with Gasteiger partial charge in [-0.3, -0.25) is 4.57 Å². The minimum atomic E-state index is 0.828. The minimum Gasteiger partial charge on any atom is -0.298 e. The Morgan fingerprint density at radius 2 is 1.63 bits per heavy atom. The molecule has 1 aromatic carbocycles. The van der Waals surface area contributed by atoms with Gasteiger partial charge in [0, 0.05) is 11.1 Å². The molecule has 0 bridgehead atoms. The zero-order chi connectivity index (χ0) is 19.9. The van der Waals surface area contributed by atoms with Crippen LogP contribution in [0.1, 0.15) is 66.2 Å². The molecule has 3 rings (SSSR count). The van der Waals surface area contributed by atoms with Crippen LogP contribution >= 0.6 is 0 Å². The number of fused-ring (bicyclic) bond motifs is 1. The molecule has 0 N–H and O–H groups in total. The molecule has 142 valence electrons. The lowest BCUT2D eigenvalue weighted by Gasteiger charge is -2.16. The lowest BCUT2D eigenvalue weighted by molar-refractivity contribution is 0.949. The van der Waals surface area contributed by atoms with Gasteiger partial charge < -0.3 is 0 Å². The summed E-state index contributed by atoms with van der Waals surface area (Å²) >= 11 is 0. The van der Waals surface area contributed by atoms with Gasteiger partial charge in [0.2, 0.25) is 0 Å². The second kappa shape index (κ2) is 7.30. The normalized spacial score (nSPS) is 12.2. The molecule has 0 amide bonds. The third-order valence-corrected chi connectivity index (χ3v) is 5.50. The molecule has 3 aromatic rings. The van der Waals surface area contributed by atoms with Crippen LogP contribution in [0, 0.1) is 41.5 Å². The largest absolute Gasteiger partial charge is 0.298 e. The Balaban J connectivity index is 2.45. The highest BCUT2D eigenvalue weighted by molar-refractivity contribution is 5.93. The van der Waals surface area contributed by atoms with E-state index in [1.807, 2.05) is 6.92 Å². The number of aryl methyl sites for hydroxylation is 5. The first-order valence-electron chi connectivity index (χ1n) is 9.90. The standard InChI is InChI=1S/C24H31N3/c1-9-11-20(10-2)22-21-17(6)18(7)27(24(21)26-19(8)25-22)23-15(4)12-14(3)13-16(23)5/h10,12-13H,9,11H2,1-8H3/b20-10-. The highest BCUT2D eigenvalue weighted by Crippen LogP contribution is 2.35. The van der Waals surface area contributed by atoms with Crippen LogP contribution in [0.2, 0.25) is 0 Å². The number of aromatic nitrogens is 3. The highest BCUT2D eigenvalue weighted by Gasteiger charge is 2.21. The monoisotopic (exact) mass is 361 g/mol. The van der Waals surface area contributed by atoms with Crippen LogP contribution in [0.3, 0.4) is 0 Å². The molecule has 2 heterocycles. The van der Waals surface area contributed by atoms with Crippen LogP contribution in [-0.4, -0.2) is 14.5 Å². The zero-order valence-electron chi connectivity index (χ0n) is 18.0. The maximum absolute atomic E-state index is 4.90. The molecule has 0 aliphatic heterocycles. The van der Waals surface area contributed by atoms with E-state index in [-0.39, 0.29) is 0 Å². The fourth-order valence-corrected chi connectivity index (χ4v) is 4.27. The number of allylic oxidation sites excluding steroid dienone is 2. The summed E-state index contributed by atoms with van der Waals surface area (Å²) in [5, 5.41) is 1.19. The molecule has 0 spiro atoms. The van der Waals surface area contributed by atoms with Crippen LogP contribution < -0.4 is 0 Å². The number of hydrogen-bond donors (Lipinski definition) is 0. The van der Waals surface area contributed by atoms with E-state index in [1.165, 1.54) is 44.6 Å². The van der Waals surface area contributed by atoms with Crippen LogP contribution in [-0.2, 0) is 0 Å². The Bertz CT molecular complexity index is 1030. The average molecular weight is 362 g/mol. The zero-order valence-corrected chi connectivity index (χ0v) is 18.0. The molecule has 2 aromatic heterocycles. The summed E-state index contributed by atoms with van der Waals surface area (Å²) in [5.74, 6) is 0.828. The van der Waals surface area contributed by atoms with Crippen molar-refractivity contribution in [1.82, 2.24) is 14.5 Å². The van der Waals surface area contributed by atoms with Crippen molar-refractivity contribution in [2.45, 2.75) is 68.2 Å². The van der Waals surface area contributed by atoms with Crippen molar-refractivity contribution >= 4 is 16.6 Å². The van der Waals surface area contributed by atoms with Crippen molar-refractivity contribution in [3.05, 3.63) is 57.7 Å². The number of rotatable bonds is 4. The predicted molar refractivity (Wildman–Crippen MR) is 116 cm³/mol. The van der Waals surface area contributed by atoms with E-state index in [0.717, 1.165) is 30.0 Å². The van der Waals surface area contributed by atoms with Gasteiger partial charge in [0.25, 0.3) is 0 Å². The van der Waals surface area contributed by atoms with E-state index in [2.05, 4.69) is 71.2 Å². The van der Waals surface area contributed by atoms with Crippen molar-refractivity contribution in [2.24, 2.45) is 0 Å². The molecule has 0 aliphatic rings. The second-order valence-electron chi connectivity index (χ2n) is 7.68. The first kappa shape index (κ1) is 19.3. The minimum absolute atomic E-state index is 0.828. The second-order valence-corrected chi connectivity index (χ2v) is 7.68. The molecule has 0 atom stereocenters. The Kier molecular flexibility index (Phi) is 5.23. The molecule has 0 aliphatic carbocycles. The topological polar surface area (TPSA) is 30.7 Å². The summed E-state index contributed by atoms with van der Waals surface area (Å²) in [7, 11) is 0. The van der Waals surface area contributed by atoms with E-state index >= 15 is 0 Å². The summed E-state index contributed by atoms with van der Waals surface area (Å²) in [4.78, 5) is 9.77. The Hall–Kier alpha value is -2.42. The third-order valence-electron chi connectivity index (χ3n) is 5.50. The molecule has 3 nitrogen and oxygen atoms in total. The molecule has 0 radical (unpaired) electrons. The summed E-state index contributed by atoms with van der Waals surface area (Å²) in [6.45, 7) is 17.3. The maximum atomic E-state index is 4.90. The van der Waals surface area contributed by atoms with Crippen LogP contribution in [0.15, 0.2) is 18.2 Å². The average Bonchev–Trinajstić information content (AvgIpc) is 2.83.